The van der Waals surface area contributed by atoms with Crippen LogP contribution in [0.25, 0.3) is 0 Å². The van der Waals surface area contributed by atoms with Crippen molar-refractivity contribution in [2.45, 2.75) is 18.9 Å². The van der Waals surface area contributed by atoms with Crippen LogP contribution in [0.15, 0.2) is 0 Å². The largest absolute Gasteiger partial charge is 0.368 e. The Morgan fingerprint density at radius 3 is 3.00 bits per heavy atom. The average molecular weight is 210 g/mol. The molecule has 1 aliphatic carbocycles. The van der Waals surface area contributed by atoms with Crippen molar-refractivity contribution in [1.29, 1.82) is 0 Å². The van der Waals surface area contributed by atoms with Gasteiger partial charge in [-0.05, 0) is 12.8 Å². The molecule has 0 unspecified atom stereocenters. The van der Waals surface area contributed by atoms with Gasteiger partial charge in [0.1, 0.15) is 0 Å². The highest BCUT2D eigenvalue weighted by atomic mass is 16.2. The zero-order valence-corrected chi connectivity index (χ0v) is 8.53. The topological polar surface area (TPSA) is 99.9 Å². The number of amides is 1. The lowest BCUT2D eigenvalue weighted by Gasteiger charge is -2.13. The highest BCUT2D eigenvalue weighted by Gasteiger charge is 2.23. The van der Waals surface area contributed by atoms with Gasteiger partial charge in [-0.3, -0.25) is 4.79 Å². The molecule has 1 aromatic heterocycles. The first-order valence-corrected chi connectivity index (χ1v) is 4.83. The van der Waals surface area contributed by atoms with E-state index in [2.05, 4.69) is 20.5 Å². The van der Waals surface area contributed by atoms with E-state index in [9.17, 15) is 4.79 Å². The first kappa shape index (κ1) is 9.75. The molecule has 0 atom stereocenters. The Bertz CT molecular complexity index is 358. The van der Waals surface area contributed by atoms with E-state index in [0.717, 1.165) is 12.8 Å². The van der Waals surface area contributed by atoms with E-state index < -0.39 is 0 Å². The lowest BCUT2D eigenvalue weighted by molar-refractivity contribution is -0.119. The third-order valence-corrected chi connectivity index (χ3v) is 2.16. The summed E-state index contributed by atoms with van der Waals surface area (Å²) in [5.74, 6) is 0.668. The van der Waals surface area contributed by atoms with Crippen molar-refractivity contribution in [3.63, 3.8) is 0 Å². The number of carbonyl (C=O) groups is 1. The molecule has 2 rings (SSSR count). The molecule has 0 aliphatic heterocycles. The number of aromatic amines is 1. The molecule has 1 amide bonds. The second-order valence-corrected chi connectivity index (χ2v) is 3.72. The van der Waals surface area contributed by atoms with E-state index in [1.54, 1.807) is 11.9 Å². The Kier molecular flexibility index (Phi) is 2.44. The zero-order valence-electron chi connectivity index (χ0n) is 8.53. The van der Waals surface area contributed by atoms with Crippen LogP contribution in [0.4, 0.5) is 11.9 Å². The predicted octanol–water partition coefficient (Wildman–Crippen LogP) is -0.898. The molecule has 1 fully saturated rings. The van der Waals surface area contributed by atoms with Gasteiger partial charge in [-0.25, -0.2) is 5.10 Å². The quantitative estimate of drug-likeness (QED) is 0.598. The van der Waals surface area contributed by atoms with Crippen molar-refractivity contribution >= 4 is 17.8 Å². The van der Waals surface area contributed by atoms with Gasteiger partial charge in [0.05, 0.1) is 6.54 Å². The van der Waals surface area contributed by atoms with Crippen LogP contribution in [-0.2, 0) is 4.79 Å². The van der Waals surface area contributed by atoms with E-state index in [1.807, 2.05) is 0 Å². The second-order valence-electron chi connectivity index (χ2n) is 3.72. The van der Waals surface area contributed by atoms with Crippen molar-refractivity contribution in [3.05, 3.63) is 0 Å². The third kappa shape index (κ3) is 2.58. The molecule has 1 saturated carbocycles. The molecule has 4 N–H and O–H groups in total. The fraction of sp³-hybridized carbons (Fsp3) is 0.625. The van der Waals surface area contributed by atoms with Gasteiger partial charge in [-0.2, -0.15) is 4.98 Å². The van der Waals surface area contributed by atoms with Gasteiger partial charge in [0.25, 0.3) is 0 Å². The summed E-state index contributed by atoms with van der Waals surface area (Å²) >= 11 is 0. The lowest BCUT2D eigenvalue weighted by Crippen LogP contribution is -2.36. The van der Waals surface area contributed by atoms with Gasteiger partial charge in [-0.15, -0.1) is 5.10 Å². The normalized spacial score (nSPS) is 15.0. The van der Waals surface area contributed by atoms with Crippen LogP contribution in [0.1, 0.15) is 12.8 Å². The maximum absolute atomic E-state index is 11.4. The average Bonchev–Trinajstić information content (AvgIpc) is 2.85. The molecular formula is C8H14N6O. The summed E-state index contributed by atoms with van der Waals surface area (Å²) in [4.78, 5) is 17.0. The van der Waals surface area contributed by atoms with Crippen LogP contribution in [0.3, 0.4) is 0 Å². The van der Waals surface area contributed by atoms with Crippen LogP contribution < -0.4 is 16.0 Å². The monoisotopic (exact) mass is 210 g/mol. The van der Waals surface area contributed by atoms with Gasteiger partial charge >= 0.3 is 0 Å². The summed E-state index contributed by atoms with van der Waals surface area (Å²) < 4.78 is 0. The smallest absolute Gasteiger partial charge is 0.246 e. The van der Waals surface area contributed by atoms with E-state index in [0.29, 0.717) is 12.0 Å². The highest BCUT2D eigenvalue weighted by molar-refractivity contribution is 5.81. The molecule has 0 radical (unpaired) electrons. The minimum Gasteiger partial charge on any atom is -0.368 e. The molecule has 0 aromatic carbocycles. The number of rotatable bonds is 4. The number of H-pyrrole nitrogens is 1. The molecule has 1 heterocycles. The zero-order chi connectivity index (χ0) is 10.8. The number of likely N-dealkylation sites (N-methyl/N-ethyl adjacent to an activating group) is 1. The Morgan fingerprint density at radius 1 is 1.73 bits per heavy atom. The maximum atomic E-state index is 11.4. The van der Waals surface area contributed by atoms with E-state index >= 15 is 0 Å². The summed E-state index contributed by atoms with van der Waals surface area (Å²) in [7, 11) is 1.75. The van der Waals surface area contributed by atoms with Gasteiger partial charge in [0, 0.05) is 13.1 Å². The van der Waals surface area contributed by atoms with Crippen LogP contribution >= 0.6 is 0 Å². The first-order chi connectivity index (χ1) is 7.15. The van der Waals surface area contributed by atoms with E-state index in [-0.39, 0.29) is 18.4 Å². The van der Waals surface area contributed by atoms with Crippen LogP contribution in [0.5, 0.6) is 0 Å². The molecule has 0 bridgehead atoms. The number of hydrogen-bond acceptors (Lipinski definition) is 5. The molecule has 1 aromatic rings. The summed E-state index contributed by atoms with van der Waals surface area (Å²) in [6.07, 6.45) is 2.17. The fourth-order valence-corrected chi connectivity index (χ4v) is 1.22. The third-order valence-electron chi connectivity index (χ3n) is 2.16. The molecule has 1 aliphatic rings. The summed E-state index contributed by atoms with van der Waals surface area (Å²) in [5, 5.41) is 9.25. The SMILES string of the molecule is CN(CC(=O)NC1CC1)c1n[nH]c(N)n1. The lowest BCUT2D eigenvalue weighted by atomic mass is 10.5. The second kappa shape index (κ2) is 3.76. The summed E-state index contributed by atoms with van der Waals surface area (Å²) in [5.41, 5.74) is 5.38. The number of carbonyl (C=O) groups excluding carboxylic acids is 1. The fourth-order valence-electron chi connectivity index (χ4n) is 1.22. The number of nitrogen functional groups attached to an aromatic ring is 1. The Labute approximate surface area is 87.0 Å². The molecule has 82 valence electrons. The van der Waals surface area contributed by atoms with Crippen LogP contribution in [0, 0.1) is 0 Å². The number of nitrogens with one attached hydrogen (secondary N) is 2. The molecular weight excluding hydrogens is 196 g/mol. The molecule has 7 heteroatoms. The number of nitrogens with zero attached hydrogens (tertiary/aromatic N) is 3. The molecule has 0 spiro atoms. The molecule has 0 saturated heterocycles. The number of nitrogens with two attached hydrogens (primary N) is 1. The Balaban J connectivity index is 1.85. The standard InChI is InChI=1S/C8H14N6O/c1-14(8-11-7(9)12-13-8)4-6(15)10-5-2-3-5/h5H,2-4H2,1H3,(H,10,15)(H3,9,11,12,13). The minimum absolute atomic E-state index is 0.0108. The van der Waals surface area contributed by atoms with Crippen molar-refractivity contribution in [2.75, 3.05) is 24.2 Å². The van der Waals surface area contributed by atoms with Crippen molar-refractivity contribution in [1.82, 2.24) is 20.5 Å². The molecule has 15 heavy (non-hydrogen) atoms. The Morgan fingerprint density at radius 2 is 2.47 bits per heavy atom. The van der Waals surface area contributed by atoms with Gasteiger partial charge in [0.15, 0.2) is 0 Å². The van der Waals surface area contributed by atoms with Crippen molar-refractivity contribution in [2.24, 2.45) is 0 Å². The maximum Gasteiger partial charge on any atom is 0.246 e. The highest BCUT2D eigenvalue weighted by Crippen LogP contribution is 2.18. The Hall–Kier alpha value is -1.79. The summed E-state index contributed by atoms with van der Waals surface area (Å²) in [6.45, 7) is 0.244. The number of hydrogen-bond donors (Lipinski definition) is 3. The van der Waals surface area contributed by atoms with Gasteiger partial charge in [-0.1, -0.05) is 0 Å². The summed E-state index contributed by atoms with van der Waals surface area (Å²) in [6, 6.07) is 0.378. The van der Waals surface area contributed by atoms with Crippen LogP contribution in [0.2, 0.25) is 0 Å². The van der Waals surface area contributed by atoms with Gasteiger partial charge in [0.2, 0.25) is 17.8 Å². The van der Waals surface area contributed by atoms with E-state index in [4.69, 9.17) is 5.73 Å². The van der Waals surface area contributed by atoms with E-state index in [1.165, 1.54) is 0 Å². The predicted molar refractivity (Wildman–Crippen MR) is 55.2 cm³/mol. The number of aromatic nitrogens is 3. The first-order valence-electron chi connectivity index (χ1n) is 4.83. The van der Waals surface area contributed by atoms with Gasteiger partial charge < -0.3 is 16.0 Å². The molecule has 7 nitrogen and oxygen atoms in total. The van der Waals surface area contributed by atoms with Crippen molar-refractivity contribution in [3.8, 4) is 0 Å². The number of anilines is 2. The van der Waals surface area contributed by atoms with Crippen LogP contribution in [-0.4, -0.2) is 40.7 Å². The van der Waals surface area contributed by atoms with Crippen molar-refractivity contribution < 1.29 is 4.79 Å². The minimum atomic E-state index is -0.0108.